The molecule has 2 N–H and O–H groups in total. The van der Waals surface area contributed by atoms with Crippen LogP contribution in [0.4, 0.5) is 13.2 Å². The van der Waals surface area contributed by atoms with Gasteiger partial charge in [0.1, 0.15) is 6.04 Å². The molecule has 2 aromatic carbocycles. The van der Waals surface area contributed by atoms with Crippen LogP contribution in [-0.2, 0) is 10.0 Å². The van der Waals surface area contributed by atoms with Crippen molar-refractivity contribution >= 4 is 20.9 Å². The van der Waals surface area contributed by atoms with E-state index in [-0.39, 0.29) is 10.5 Å². The number of alkyl halides is 3. The number of nitrogens with zero attached hydrogens (tertiary/aromatic N) is 1. The quantitative estimate of drug-likeness (QED) is 0.766. The van der Waals surface area contributed by atoms with Crippen molar-refractivity contribution in [3.8, 4) is 0 Å². The van der Waals surface area contributed by atoms with Crippen molar-refractivity contribution in [1.82, 2.24) is 3.97 Å². The molecule has 0 bridgehead atoms. The molecule has 0 radical (unpaired) electrons. The van der Waals surface area contributed by atoms with Crippen molar-refractivity contribution in [3.05, 3.63) is 65.9 Å². The molecule has 0 saturated heterocycles. The van der Waals surface area contributed by atoms with Crippen LogP contribution in [0.15, 0.2) is 59.5 Å². The maximum absolute atomic E-state index is 12.9. The van der Waals surface area contributed by atoms with E-state index in [2.05, 4.69) is 0 Å². The number of halogens is 3. The number of fused-ring (bicyclic) bond motifs is 1. The minimum Gasteiger partial charge on any atom is -0.316 e. The summed E-state index contributed by atoms with van der Waals surface area (Å²) in [6.07, 6.45) is -4.57. The SMILES string of the molecule is Cc1cc2cc([C@H](N)C(F)(F)F)ccc2n1S(=O)(=O)c1ccccc1. The molecule has 1 atom stereocenters. The van der Waals surface area contributed by atoms with E-state index >= 15 is 0 Å². The molecule has 0 spiro atoms. The first kappa shape index (κ1) is 17.5. The van der Waals surface area contributed by atoms with E-state index in [1.165, 1.54) is 36.4 Å². The molecule has 0 aliphatic heterocycles. The number of aromatic nitrogens is 1. The van der Waals surface area contributed by atoms with Crippen molar-refractivity contribution in [2.75, 3.05) is 0 Å². The van der Waals surface area contributed by atoms with Crippen LogP contribution in [0.5, 0.6) is 0 Å². The molecule has 1 aromatic heterocycles. The van der Waals surface area contributed by atoms with Gasteiger partial charge in [0.05, 0.1) is 10.4 Å². The van der Waals surface area contributed by atoms with Crippen LogP contribution < -0.4 is 5.73 Å². The molecule has 0 amide bonds. The lowest BCUT2D eigenvalue weighted by Gasteiger charge is -2.16. The highest BCUT2D eigenvalue weighted by Gasteiger charge is 2.38. The van der Waals surface area contributed by atoms with E-state index in [0.717, 1.165) is 3.97 Å². The topological polar surface area (TPSA) is 65.1 Å². The highest BCUT2D eigenvalue weighted by Crippen LogP contribution is 2.33. The second-order valence-electron chi connectivity index (χ2n) is 5.71. The van der Waals surface area contributed by atoms with Crippen molar-refractivity contribution in [1.29, 1.82) is 0 Å². The molecule has 132 valence electrons. The lowest BCUT2D eigenvalue weighted by molar-refractivity contribution is -0.149. The summed E-state index contributed by atoms with van der Waals surface area (Å²) in [4.78, 5) is 0.103. The van der Waals surface area contributed by atoms with Crippen LogP contribution in [0.2, 0.25) is 0 Å². The number of nitrogens with two attached hydrogens (primary N) is 1. The van der Waals surface area contributed by atoms with Crippen LogP contribution in [0, 0.1) is 6.92 Å². The van der Waals surface area contributed by atoms with Crippen LogP contribution >= 0.6 is 0 Å². The fourth-order valence-electron chi connectivity index (χ4n) is 2.75. The number of benzene rings is 2. The zero-order valence-electron chi connectivity index (χ0n) is 13.2. The molecular weight excluding hydrogens is 353 g/mol. The Morgan fingerprint density at radius 3 is 2.28 bits per heavy atom. The molecule has 25 heavy (non-hydrogen) atoms. The third kappa shape index (κ3) is 3.03. The molecule has 3 aromatic rings. The summed E-state index contributed by atoms with van der Waals surface area (Å²) in [6.45, 7) is 1.59. The highest BCUT2D eigenvalue weighted by atomic mass is 32.2. The summed E-state index contributed by atoms with van der Waals surface area (Å²) >= 11 is 0. The van der Waals surface area contributed by atoms with Gasteiger partial charge in [0.15, 0.2) is 0 Å². The Morgan fingerprint density at radius 1 is 1.04 bits per heavy atom. The number of hydrogen-bond acceptors (Lipinski definition) is 3. The molecule has 0 aliphatic rings. The van der Waals surface area contributed by atoms with Gasteiger partial charge in [-0.1, -0.05) is 24.3 Å². The first-order valence-electron chi connectivity index (χ1n) is 7.37. The number of aryl methyl sites for hydroxylation is 1. The Hall–Kier alpha value is -2.32. The average molecular weight is 368 g/mol. The first-order chi connectivity index (χ1) is 11.6. The molecule has 0 aliphatic carbocycles. The lowest BCUT2D eigenvalue weighted by atomic mass is 10.1. The van der Waals surface area contributed by atoms with Gasteiger partial charge in [-0.05, 0) is 42.8 Å². The molecule has 0 saturated carbocycles. The van der Waals surface area contributed by atoms with Gasteiger partial charge in [-0.25, -0.2) is 12.4 Å². The average Bonchev–Trinajstić information content (AvgIpc) is 2.89. The molecular formula is C17H15F3N2O2S. The Balaban J connectivity index is 2.18. The van der Waals surface area contributed by atoms with E-state index in [4.69, 9.17) is 5.73 Å². The number of rotatable bonds is 3. The van der Waals surface area contributed by atoms with Crippen molar-refractivity contribution in [2.24, 2.45) is 5.73 Å². The van der Waals surface area contributed by atoms with Gasteiger partial charge in [0.25, 0.3) is 10.0 Å². The molecule has 0 unspecified atom stereocenters. The summed E-state index contributed by atoms with van der Waals surface area (Å²) in [5.41, 5.74) is 5.82. The van der Waals surface area contributed by atoms with E-state index in [9.17, 15) is 21.6 Å². The van der Waals surface area contributed by atoms with Crippen LogP contribution in [0.3, 0.4) is 0 Å². The van der Waals surface area contributed by atoms with Crippen LogP contribution in [-0.4, -0.2) is 18.6 Å². The minimum atomic E-state index is -4.57. The maximum atomic E-state index is 12.9. The van der Waals surface area contributed by atoms with Crippen molar-refractivity contribution in [3.63, 3.8) is 0 Å². The molecule has 8 heteroatoms. The fraction of sp³-hybridized carbons (Fsp3) is 0.176. The molecule has 0 fully saturated rings. The second kappa shape index (κ2) is 5.89. The standard InChI is InChI=1S/C17H15F3N2O2S/c1-11-9-13-10-12(16(21)17(18,19)20)7-8-15(13)22(11)25(23,24)14-5-3-2-4-6-14/h2-10,16H,21H2,1H3/t16-/m0/s1. The van der Waals surface area contributed by atoms with E-state index in [0.29, 0.717) is 16.6 Å². The van der Waals surface area contributed by atoms with E-state index < -0.39 is 22.2 Å². The normalized spacial score (nSPS) is 14.0. The Kier molecular flexibility index (Phi) is 4.12. The fourth-order valence-corrected chi connectivity index (χ4v) is 4.32. The van der Waals surface area contributed by atoms with Gasteiger partial charge in [-0.3, -0.25) is 0 Å². The Morgan fingerprint density at radius 2 is 1.68 bits per heavy atom. The van der Waals surface area contributed by atoms with Gasteiger partial charge >= 0.3 is 6.18 Å². The largest absolute Gasteiger partial charge is 0.407 e. The maximum Gasteiger partial charge on any atom is 0.407 e. The lowest BCUT2D eigenvalue weighted by Crippen LogP contribution is -2.28. The predicted octanol–water partition coefficient (Wildman–Crippen LogP) is 3.75. The molecule has 1 heterocycles. The zero-order valence-corrected chi connectivity index (χ0v) is 14.0. The van der Waals surface area contributed by atoms with Gasteiger partial charge in [-0.2, -0.15) is 13.2 Å². The molecule has 3 rings (SSSR count). The minimum absolute atomic E-state index is 0.103. The predicted molar refractivity (Wildman–Crippen MR) is 88.7 cm³/mol. The summed E-state index contributed by atoms with van der Waals surface area (Å²) in [5, 5.41) is 0.384. The van der Waals surface area contributed by atoms with Crippen molar-refractivity contribution < 1.29 is 21.6 Å². The van der Waals surface area contributed by atoms with Gasteiger partial charge < -0.3 is 5.73 Å². The third-order valence-corrected chi connectivity index (χ3v) is 5.78. The van der Waals surface area contributed by atoms with Gasteiger partial charge in [0.2, 0.25) is 0 Å². The first-order valence-corrected chi connectivity index (χ1v) is 8.81. The summed E-state index contributed by atoms with van der Waals surface area (Å²) in [7, 11) is -3.85. The van der Waals surface area contributed by atoms with Crippen LogP contribution in [0.25, 0.3) is 10.9 Å². The zero-order chi connectivity index (χ0) is 18.4. The summed E-state index contributed by atoms with van der Waals surface area (Å²) < 4.78 is 65.3. The van der Waals surface area contributed by atoms with E-state index in [1.54, 1.807) is 25.1 Å². The van der Waals surface area contributed by atoms with Crippen LogP contribution in [0.1, 0.15) is 17.3 Å². The smallest absolute Gasteiger partial charge is 0.316 e. The van der Waals surface area contributed by atoms with Crippen molar-refractivity contribution in [2.45, 2.75) is 24.0 Å². The third-order valence-electron chi connectivity index (χ3n) is 3.95. The Labute approximate surface area is 142 Å². The van der Waals surface area contributed by atoms with Gasteiger partial charge in [0, 0.05) is 11.1 Å². The van der Waals surface area contributed by atoms with Gasteiger partial charge in [-0.15, -0.1) is 0 Å². The van der Waals surface area contributed by atoms with E-state index in [1.807, 2.05) is 0 Å². The monoisotopic (exact) mass is 368 g/mol. The summed E-state index contributed by atoms with van der Waals surface area (Å²) in [5.74, 6) is 0. The molecule has 4 nitrogen and oxygen atoms in total. The number of hydrogen-bond donors (Lipinski definition) is 1. The highest BCUT2D eigenvalue weighted by molar-refractivity contribution is 7.90. The summed E-state index contributed by atoms with van der Waals surface area (Å²) in [6, 6.07) is 11.1. The second-order valence-corrected chi connectivity index (χ2v) is 7.49. The Bertz CT molecular complexity index is 1030.